The minimum Gasteiger partial charge on any atom is -0.481 e. The zero-order valence-corrected chi connectivity index (χ0v) is 21.0. The molecule has 0 aliphatic carbocycles. The van der Waals surface area contributed by atoms with E-state index < -0.39 is 53.2 Å². The third-order valence-electron chi connectivity index (χ3n) is 6.32. The monoisotopic (exact) mass is 496 g/mol. The number of hydrogen-bond donors (Lipinski definition) is 1. The smallest absolute Gasteiger partial charge is 0.410 e. The van der Waals surface area contributed by atoms with E-state index in [4.69, 9.17) is 9.47 Å². The van der Waals surface area contributed by atoms with Gasteiger partial charge in [0.1, 0.15) is 29.1 Å². The average molecular weight is 497 g/mol. The van der Waals surface area contributed by atoms with Gasteiger partial charge in [0, 0.05) is 26.0 Å². The summed E-state index contributed by atoms with van der Waals surface area (Å²) in [7, 11) is 0. The second-order valence-corrected chi connectivity index (χ2v) is 10.9. The van der Waals surface area contributed by atoms with Crippen LogP contribution in [-0.4, -0.2) is 68.9 Å². The van der Waals surface area contributed by atoms with Crippen molar-refractivity contribution in [2.45, 2.75) is 90.3 Å². The van der Waals surface area contributed by atoms with E-state index in [2.05, 4.69) is 0 Å². The fraction of sp³-hybridized carbons (Fsp3) is 0.640. The van der Waals surface area contributed by atoms with Gasteiger partial charge >= 0.3 is 12.1 Å². The molecule has 2 aliphatic heterocycles. The first-order valence-electron chi connectivity index (χ1n) is 11.7. The first-order chi connectivity index (χ1) is 16.1. The summed E-state index contributed by atoms with van der Waals surface area (Å²) in [5, 5.41) is 9.34. The SMILES string of the molecule is CC(=O)N1[C@@H](Cc2cc(F)cc(F)c2)[C@@H]([C@H]2CC(CC(=O)O)CN2C(=O)OC(C)(C)C)OC1(C)C. The summed E-state index contributed by atoms with van der Waals surface area (Å²) in [6.45, 7) is 10.2. The molecule has 1 aromatic carbocycles. The maximum atomic E-state index is 13.9. The molecule has 4 atom stereocenters. The van der Waals surface area contributed by atoms with Crippen LogP contribution in [0.4, 0.5) is 13.6 Å². The highest BCUT2D eigenvalue weighted by Crippen LogP contribution is 2.41. The number of likely N-dealkylation sites (tertiary alicyclic amines) is 1. The van der Waals surface area contributed by atoms with E-state index in [0.29, 0.717) is 12.0 Å². The van der Waals surface area contributed by atoms with Gasteiger partial charge in [0.2, 0.25) is 5.91 Å². The van der Waals surface area contributed by atoms with Gasteiger partial charge in [-0.1, -0.05) is 0 Å². The standard InChI is InChI=1S/C25H34F2N2O6/c1-14(30)29-20(9-15-7-17(26)12-18(27)8-15)22(34-25(29,5)6)19-10-16(11-21(31)32)13-28(19)23(33)35-24(2,3)4/h7-8,12,16,19-20,22H,9-11,13H2,1-6H3,(H,31,32)/t16?,19-,20+,22-/m1/s1. The Morgan fingerprint density at radius 3 is 2.29 bits per heavy atom. The lowest BCUT2D eigenvalue weighted by Crippen LogP contribution is -2.52. The lowest BCUT2D eigenvalue weighted by atomic mass is 9.92. The van der Waals surface area contributed by atoms with Crippen molar-refractivity contribution in [3.63, 3.8) is 0 Å². The molecule has 2 heterocycles. The van der Waals surface area contributed by atoms with Crippen molar-refractivity contribution in [2.24, 2.45) is 5.92 Å². The molecule has 2 fully saturated rings. The molecule has 2 saturated heterocycles. The van der Waals surface area contributed by atoms with E-state index in [-0.39, 0.29) is 31.2 Å². The summed E-state index contributed by atoms with van der Waals surface area (Å²) >= 11 is 0. The van der Waals surface area contributed by atoms with Crippen LogP contribution in [0.3, 0.4) is 0 Å². The van der Waals surface area contributed by atoms with Crippen molar-refractivity contribution in [3.8, 4) is 0 Å². The number of rotatable bonds is 5. The van der Waals surface area contributed by atoms with Gasteiger partial charge in [-0.05, 0) is 71.1 Å². The summed E-state index contributed by atoms with van der Waals surface area (Å²) < 4.78 is 39.8. The van der Waals surface area contributed by atoms with Crippen molar-refractivity contribution in [3.05, 3.63) is 35.4 Å². The number of amides is 2. The molecule has 194 valence electrons. The van der Waals surface area contributed by atoms with Crippen LogP contribution in [0.25, 0.3) is 0 Å². The van der Waals surface area contributed by atoms with Crippen LogP contribution >= 0.6 is 0 Å². The average Bonchev–Trinajstić information content (AvgIpc) is 3.16. The molecule has 0 spiro atoms. The van der Waals surface area contributed by atoms with Crippen molar-refractivity contribution < 1.29 is 37.7 Å². The van der Waals surface area contributed by atoms with E-state index in [0.717, 1.165) is 6.07 Å². The molecule has 2 aliphatic rings. The summed E-state index contributed by atoms with van der Waals surface area (Å²) in [6, 6.07) is 1.94. The highest BCUT2D eigenvalue weighted by atomic mass is 19.1. The minimum absolute atomic E-state index is 0.0879. The molecule has 3 rings (SSSR count). The van der Waals surface area contributed by atoms with Crippen LogP contribution in [0.15, 0.2) is 18.2 Å². The van der Waals surface area contributed by atoms with E-state index >= 15 is 0 Å². The van der Waals surface area contributed by atoms with Crippen LogP contribution in [0.5, 0.6) is 0 Å². The minimum atomic E-state index is -1.06. The number of carboxylic acid groups (broad SMARTS) is 1. The fourth-order valence-electron chi connectivity index (χ4n) is 5.33. The zero-order chi connectivity index (χ0) is 26.3. The fourth-order valence-corrected chi connectivity index (χ4v) is 5.33. The Bertz CT molecular complexity index is 972. The van der Waals surface area contributed by atoms with Crippen molar-refractivity contribution in [1.82, 2.24) is 9.80 Å². The second-order valence-electron chi connectivity index (χ2n) is 10.9. The van der Waals surface area contributed by atoms with E-state index in [9.17, 15) is 28.3 Å². The molecular formula is C25H34F2N2O6. The highest BCUT2D eigenvalue weighted by Gasteiger charge is 2.55. The molecule has 0 bridgehead atoms. The Kier molecular flexibility index (Phi) is 7.45. The zero-order valence-electron chi connectivity index (χ0n) is 21.0. The maximum Gasteiger partial charge on any atom is 0.410 e. The van der Waals surface area contributed by atoms with Gasteiger partial charge in [0.05, 0.1) is 12.1 Å². The second kappa shape index (κ2) is 9.72. The number of ether oxygens (including phenoxy) is 2. The normalized spacial score (nSPS) is 26.2. The number of nitrogens with zero attached hydrogens (tertiary/aromatic N) is 2. The summed E-state index contributed by atoms with van der Waals surface area (Å²) in [5.41, 5.74) is -1.49. The van der Waals surface area contributed by atoms with Crippen LogP contribution in [0.2, 0.25) is 0 Å². The van der Waals surface area contributed by atoms with E-state index in [1.165, 1.54) is 28.9 Å². The number of carbonyl (C=O) groups excluding carboxylic acids is 2. The van der Waals surface area contributed by atoms with Crippen LogP contribution in [-0.2, 0) is 25.5 Å². The van der Waals surface area contributed by atoms with Gasteiger partial charge in [-0.25, -0.2) is 13.6 Å². The van der Waals surface area contributed by atoms with Gasteiger partial charge in [0.15, 0.2) is 0 Å². The molecule has 8 nitrogen and oxygen atoms in total. The molecule has 1 unspecified atom stereocenters. The molecule has 0 aromatic heterocycles. The molecular weight excluding hydrogens is 462 g/mol. The Morgan fingerprint density at radius 1 is 1.17 bits per heavy atom. The lowest BCUT2D eigenvalue weighted by molar-refractivity contribution is -0.146. The predicted molar refractivity (Wildman–Crippen MR) is 122 cm³/mol. The quantitative estimate of drug-likeness (QED) is 0.663. The summed E-state index contributed by atoms with van der Waals surface area (Å²) in [4.78, 5) is 40.2. The van der Waals surface area contributed by atoms with Crippen LogP contribution in [0.1, 0.15) is 59.9 Å². The van der Waals surface area contributed by atoms with Crippen LogP contribution < -0.4 is 0 Å². The summed E-state index contributed by atoms with van der Waals surface area (Å²) in [6.07, 6.45) is -1.06. The predicted octanol–water partition coefficient (Wildman–Crippen LogP) is 3.96. The number of aliphatic carboxylic acids is 1. The third kappa shape index (κ3) is 6.28. The van der Waals surface area contributed by atoms with E-state index in [1.807, 2.05) is 0 Å². The Balaban J connectivity index is 2.00. The van der Waals surface area contributed by atoms with Crippen LogP contribution in [0, 0.1) is 17.6 Å². The molecule has 1 aromatic rings. The molecule has 2 amide bonds. The number of benzene rings is 1. The number of carboxylic acids is 1. The number of halogens is 2. The van der Waals surface area contributed by atoms with Gasteiger partial charge in [-0.2, -0.15) is 0 Å². The maximum absolute atomic E-state index is 13.9. The largest absolute Gasteiger partial charge is 0.481 e. The van der Waals surface area contributed by atoms with Gasteiger partial charge in [-0.3, -0.25) is 9.59 Å². The topological polar surface area (TPSA) is 96.4 Å². The number of hydrogen-bond acceptors (Lipinski definition) is 5. The van der Waals surface area contributed by atoms with E-state index in [1.54, 1.807) is 34.6 Å². The van der Waals surface area contributed by atoms with Gasteiger partial charge in [-0.15, -0.1) is 0 Å². The summed E-state index contributed by atoms with van der Waals surface area (Å²) in [5.74, 6) is -3.08. The van der Waals surface area contributed by atoms with Crippen molar-refractivity contribution >= 4 is 18.0 Å². The Morgan fingerprint density at radius 2 is 1.77 bits per heavy atom. The lowest BCUT2D eigenvalue weighted by Gasteiger charge is -2.34. The van der Waals surface area contributed by atoms with Crippen molar-refractivity contribution in [1.29, 1.82) is 0 Å². The van der Waals surface area contributed by atoms with Crippen molar-refractivity contribution in [2.75, 3.05) is 6.54 Å². The first kappa shape index (κ1) is 26.8. The Hall–Kier alpha value is -2.75. The number of carbonyl (C=O) groups is 3. The highest BCUT2D eigenvalue weighted by molar-refractivity contribution is 5.75. The van der Waals surface area contributed by atoms with Gasteiger partial charge < -0.3 is 24.4 Å². The molecule has 0 saturated carbocycles. The third-order valence-corrected chi connectivity index (χ3v) is 6.32. The van der Waals surface area contributed by atoms with Gasteiger partial charge in [0.25, 0.3) is 0 Å². The molecule has 10 heteroatoms. The molecule has 0 radical (unpaired) electrons. The molecule has 1 N–H and O–H groups in total. The Labute approximate surface area is 204 Å². The molecule has 35 heavy (non-hydrogen) atoms. The first-order valence-corrected chi connectivity index (χ1v) is 11.7.